The highest BCUT2D eigenvalue weighted by Crippen LogP contribution is 2.35. The summed E-state index contributed by atoms with van der Waals surface area (Å²) in [4.78, 5) is 2.62. The van der Waals surface area contributed by atoms with Gasteiger partial charge in [-0.25, -0.2) is 0 Å². The summed E-state index contributed by atoms with van der Waals surface area (Å²) in [5.74, 6) is 1.76. The van der Waals surface area contributed by atoms with Crippen molar-refractivity contribution in [3.05, 3.63) is 0 Å². The van der Waals surface area contributed by atoms with Crippen LogP contribution in [0.25, 0.3) is 0 Å². The molecule has 0 bridgehead atoms. The molecule has 0 radical (unpaired) electrons. The number of likely N-dealkylation sites (N-methyl/N-ethyl adjacent to an activating group) is 1. The summed E-state index contributed by atoms with van der Waals surface area (Å²) >= 11 is 0. The Balaban J connectivity index is 2.02. The van der Waals surface area contributed by atoms with E-state index in [1.54, 1.807) is 0 Å². The van der Waals surface area contributed by atoms with Gasteiger partial charge < -0.3 is 10.1 Å². The van der Waals surface area contributed by atoms with Crippen LogP contribution in [0.4, 0.5) is 0 Å². The lowest BCUT2D eigenvalue weighted by atomic mass is 9.73. The van der Waals surface area contributed by atoms with Gasteiger partial charge in [-0.15, -0.1) is 0 Å². The SMILES string of the molecule is CNC(C1CCC(C)CC1)C(C)(C)N1CCOCC1. The molecule has 1 saturated carbocycles. The van der Waals surface area contributed by atoms with Crippen molar-refractivity contribution in [2.75, 3.05) is 33.4 Å². The van der Waals surface area contributed by atoms with Crippen LogP contribution in [-0.4, -0.2) is 49.8 Å². The van der Waals surface area contributed by atoms with Crippen molar-refractivity contribution in [2.24, 2.45) is 11.8 Å². The number of morpholine rings is 1. The third-order valence-corrected chi connectivity index (χ3v) is 5.43. The van der Waals surface area contributed by atoms with Gasteiger partial charge in [0.15, 0.2) is 0 Å². The largest absolute Gasteiger partial charge is 0.379 e. The summed E-state index contributed by atoms with van der Waals surface area (Å²) in [6.45, 7) is 11.2. The topological polar surface area (TPSA) is 24.5 Å². The normalized spacial score (nSPS) is 32.2. The van der Waals surface area contributed by atoms with E-state index in [9.17, 15) is 0 Å². The Labute approximate surface area is 119 Å². The average Bonchev–Trinajstić information content (AvgIpc) is 2.42. The predicted molar refractivity (Wildman–Crippen MR) is 80.4 cm³/mol. The molecule has 0 aromatic carbocycles. The zero-order valence-electron chi connectivity index (χ0n) is 13.2. The molecule has 2 aliphatic rings. The van der Waals surface area contributed by atoms with E-state index in [4.69, 9.17) is 4.74 Å². The summed E-state index contributed by atoms with van der Waals surface area (Å²) in [5.41, 5.74) is 0.226. The summed E-state index contributed by atoms with van der Waals surface area (Å²) in [5, 5.41) is 3.64. The fourth-order valence-corrected chi connectivity index (χ4v) is 4.12. The van der Waals surface area contributed by atoms with Crippen LogP contribution in [0, 0.1) is 11.8 Å². The summed E-state index contributed by atoms with van der Waals surface area (Å²) in [6.07, 6.45) is 5.59. The minimum atomic E-state index is 0.226. The predicted octanol–water partition coefficient (Wildman–Crippen LogP) is 2.51. The first kappa shape index (κ1) is 15.3. The molecule has 2 rings (SSSR count). The highest BCUT2D eigenvalue weighted by atomic mass is 16.5. The summed E-state index contributed by atoms with van der Waals surface area (Å²) in [6, 6.07) is 0.595. The van der Waals surface area contributed by atoms with Crippen LogP contribution >= 0.6 is 0 Å². The second kappa shape index (κ2) is 6.55. The number of nitrogens with zero attached hydrogens (tertiary/aromatic N) is 1. The summed E-state index contributed by atoms with van der Waals surface area (Å²) in [7, 11) is 2.14. The maximum atomic E-state index is 5.51. The van der Waals surface area contributed by atoms with E-state index in [0.29, 0.717) is 6.04 Å². The van der Waals surface area contributed by atoms with E-state index in [1.165, 1.54) is 25.7 Å². The molecule has 19 heavy (non-hydrogen) atoms. The first-order valence-electron chi connectivity index (χ1n) is 8.05. The molecule has 112 valence electrons. The Morgan fingerprint density at radius 3 is 2.21 bits per heavy atom. The lowest BCUT2D eigenvalue weighted by Gasteiger charge is -2.49. The molecular weight excluding hydrogens is 236 g/mol. The Kier molecular flexibility index (Phi) is 5.27. The van der Waals surface area contributed by atoms with Crippen molar-refractivity contribution in [3.8, 4) is 0 Å². The van der Waals surface area contributed by atoms with Gasteiger partial charge in [0.25, 0.3) is 0 Å². The number of hydrogen-bond acceptors (Lipinski definition) is 3. The van der Waals surface area contributed by atoms with Crippen LogP contribution in [0.5, 0.6) is 0 Å². The van der Waals surface area contributed by atoms with Crippen LogP contribution in [0.1, 0.15) is 46.5 Å². The zero-order valence-corrected chi connectivity index (χ0v) is 13.2. The van der Waals surface area contributed by atoms with Gasteiger partial charge in [-0.05, 0) is 45.6 Å². The fourth-order valence-electron chi connectivity index (χ4n) is 4.12. The van der Waals surface area contributed by atoms with Crippen molar-refractivity contribution in [2.45, 2.75) is 58.0 Å². The van der Waals surface area contributed by atoms with E-state index in [-0.39, 0.29) is 5.54 Å². The van der Waals surface area contributed by atoms with Gasteiger partial charge in [0.1, 0.15) is 0 Å². The van der Waals surface area contributed by atoms with Gasteiger partial charge in [-0.2, -0.15) is 0 Å². The van der Waals surface area contributed by atoms with Crippen molar-refractivity contribution in [1.29, 1.82) is 0 Å². The second-order valence-electron chi connectivity index (χ2n) is 7.04. The Hall–Kier alpha value is -0.120. The van der Waals surface area contributed by atoms with Crippen LogP contribution in [-0.2, 0) is 4.74 Å². The minimum absolute atomic E-state index is 0.226. The molecule has 1 N–H and O–H groups in total. The van der Waals surface area contributed by atoms with Crippen molar-refractivity contribution >= 4 is 0 Å². The minimum Gasteiger partial charge on any atom is -0.379 e. The van der Waals surface area contributed by atoms with Crippen molar-refractivity contribution in [3.63, 3.8) is 0 Å². The summed E-state index contributed by atoms with van der Waals surface area (Å²) < 4.78 is 5.51. The van der Waals surface area contributed by atoms with E-state index < -0.39 is 0 Å². The van der Waals surface area contributed by atoms with E-state index >= 15 is 0 Å². The first-order valence-corrected chi connectivity index (χ1v) is 8.05. The molecule has 3 heteroatoms. The molecule has 0 spiro atoms. The molecule has 0 amide bonds. The van der Waals surface area contributed by atoms with E-state index in [0.717, 1.165) is 38.1 Å². The molecule has 1 unspecified atom stereocenters. The molecule has 2 fully saturated rings. The average molecular weight is 268 g/mol. The third kappa shape index (κ3) is 3.50. The van der Waals surface area contributed by atoms with Gasteiger partial charge in [-0.1, -0.05) is 19.8 Å². The van der Waals surface area contributed by atoms with Gasteiger partial charge in [0.2, 0.25) is 0 Å². The lowest BCUT2D eigenvalue weighted by Crippen LogP contribution is -2.62. The van der Waals surface area contributed by atoms with Crippen molar-refractivity contribution in [1.82, 2.24) is 10.2 Å². The Morgan fingerprint density at radius 2 is 1.68 bits per heavy atom. The van der Waals surface area contributed by atoms with Crippen LogP contribution in [0.2, 0.25) is 0 Å². The maximum Gasteiger partial charge on any atom is 0.0594 e. The standard InChI is InChI=1S/C16H32N2O/c1-13-5-7-14(8-6-13)15(17-4)16(2,3)18-9-11-19-12-10-18/h13-15,17H,5-12H2,1-4H3. The van der Waals surface area contributed by atoms with Crippen molar-refractivity contribution < 1.29 is 4.74 Å². The highest BCUT2D eigenvalue weighted by Gasteiger charge is 2.40. The highest BCUT2D eigenvalue weighted by molar-refractivity contribution is 4.98. The number of nitrogens with one attached hydrogen (secondary N) is 1. The Bertz CT molecular complexity index is 266. The smallest absolute Gasteiger partial charge is 0.0594 e. The van der Waals surface area contributed by atoms with E-state index in [2.05, 4.69) is 38.0 Å². The molecular formula is C16H32N2O. The first-order chi connectivity index (χ1) is 9.05. The third-order valence-electron chi connectivity index (χ3n) is 5.43. The maximum absolute atomic E-state index is 5.51. The molecule has 1 heterocycles. The van der Waals surface area contributed by atoms with Crippen LogP contribution in [0.15, 0.2) is 0 Å². The zero-order chi connectivity index (χ0) is 13.9. The molecule has 3 nitrogen and oxygen atoms in total. The second-order valence-corrected chi connectivity index (χ2v) is 7.04. The van der Waals surface area contributed by atoms with Gasteiger partial charge in [0, 0.05) is 24.7 Å². The fraction of sp³-hybridized carbons (Fsp3) is 1.00. The number of rotatable bonds is 4. The van der Waals surface area contributed by atoms with Gasteiger partial charge >= 0.3 is 0 Å². The van der Waals surface area contributed by atoms with Gasteiger partial charge in [-0.3, -0.25) is 4.90 Å². The van der Waals surface area contributed by atoms with Crippen LogP contribution in [0.3, 0.4) is 0 Å². The van der Waals surface area contributed by atoms with Gasteiger partial charge in [0.05, 0.1) is 13.2 Å². The quantitative estimate of drug-likeness (QED) is 0.848. The molecule has 0 aromatic rings. The molecule has 1 saturated heterocycles. The molecule has 1 atom stereocenters. The van der Waals surface area contributed by atoms with E-state index in [1.807, 2.05) is 0 Å². The number of hydrogen-bond donors (Lipinski definition) is 1. The Morgan fingerprint density at radius 1 is 1.11 bits per heavy atom. The van der Waals surface area contributed by atoms with Crippen LogP contribution < -0.4 is 5.32 Å². The molecule has 1 aliphatic heterocycles. The number of ether oxygens (including phenoxy) is 1. The molecule has 1 aliphatic carbocycles. The lowest BCUT2D eigenvalue weighted by molar-refractivity contribution is -0.0340. The monoisotopic (exact) mass is 268 g/mol. The molecule has 0 aromatic heterocycles.